The van der Waals surface area contributed by atoms with E-state index < -0.39 is 23.4 Å². The van der Waals surface area contributed by atoms with Crippen LogP contribution in [0.25, 0.3) is 11.1 Å². The number of nitrogens with zero attached hydrogens (tertiary/aromatic N) is 5. The molecule has 14 nitrogen and oxygen atoms in total. The Balaban J connectivity index is 1.23. The van der Waals surface area contributed by atoms with Gasteiger partial charge in [0.1, 0.15) is 23.6 Å². The van der Waals surface area contributed by atoms with Gasteiger partial charge in [0, 0.05) is 5.38 Å². The first kappa shape index (κ1) is 30.7. The standard InChI is InChI=1S/C27H34N8O6S2/c1-27(2)23(25(37)35(27)41-43-38)31-24(36)22(20-15-42-26(29)30-20)32-39-14-19-7-5-17-11-16(6-8-21(17)40-19)18-12-33(3)34(13-18)10-4-9-28/h6,8,11-13,15,19,23H,4-5,7,9-10,14,28H2,1-3H3,(H3-,29,30,31,36,38)/p+1/b32-22-. The number of amides is 2. The normalized spacial score (nSPS) is 19.4. The average molecular weight is 632 g/mol. The molecule has 4 heterocycles. The summed E-state index contributed by atoms with van der Waals surface area (Å²) in [4.78, 5) is 35.5. The molecule has 1 aromatic carbocycles. The van der Waals surface area contributed by atoms with E-state index in [1.54, 1.807) is 19.2 Å². The number of hydrogen-bond donors (Lipinski definition) is 4. The lowest BCUT2D eigenvalue weighted by molar-refractivity contribution is -0.753. The number of fused-ring (bicyclic) bond motifs is 1. The highest BCUT2D eigenvalue weighted by molar-refractivity contribution is 7.88. The van der Waals surface area contributed by atoms with Gasteiger partial charge in [0.05, 0.1) is 23.8 Å². The highest BCUT2D eigenvalue weighted by atomic mass is 32.2. The summed E-state index contributed by atoms with van der Waals surface area (Å²) in [5.41, 5.74) is 14.0. The fourth-order valence-electron chi connectivity index (χ4n) is 5.07. The van der Waals surface area contributed by atoms with Crippen molar-refractivity contribution >= 4 is 46.3 Å². The third kappa shape index (κ3) is 6.47. The molecule has 0 spiro atoms. The number of hydroxylamine groups is 2. The summed E-state index contributed by atoms with van der Waals surface area (Å²) >= 11 is 1.20. The van der Waals surface area contributed by atoms with E-state index in [1.807, 2.05) is 19.2 Å². The van der Waals surface area contributed by atoms with Crippen LogP contribution in [-0.2, 0) is 38.7 Å². The number of ether oxygens (including phenoxy) is 1. The molecule has 0 aliphatic carbocycles. The minimum Gasteiger partial charge on any atom is -0.486 e. The topological polar surface area (TPSA) is 183 Å². The van der Waals surface area contributed by atoms with Gasteiger partial charge < -0.3 is 30.9 Å². The zero-order valence-corrected chi connectivity index (χ0v) is 25.7. The third-order valence-electron chi connectivity index (χ3n) is 7.49. The van der Waals surface area contributed by atoms with E-state index in [-0.39, 0.29) is 41.6 Å². The molecule has 0 saturated carbocycles. The molecule has 43 heavy (non-hydrogen) atoms. The van der Waals surface area contributed by atoms with Gasteiger partial charge in [-0.3, -0.25) is 9.59 Å². The molecular weight excluding hydrogens is 596 g/mol. The summed E-state index contributed by atoms with van der Waals surface area (Å²) in [5, 5.41) is 9.56. The number of nitrogens with two attached hydrogens (primary N) is 2. The molecule has 16 heteroatoms. The number of thiazole rings is 1. The van der Waals surface area contributed by atoms with Crippen LogP contribution < -0.4 is 26.2 Å². The highest BCUT2D eigenvalue weighted by Crippen LogP contribution is 2.34. The van der Waals surface area contributed by atoms with Crippen LogP contribution in [-0.4, -0.2) is 67.6 Å². The maximum absolute atomic E-state index is 13.2. The number of β-lactam (4-membered cyclic amide) rings is 1. The van der Waals surface area contributed by atoms with Crippen molar-refractivity contribution in [2.45, 2.75) is 57.3 Å². The number of nitrogen functional groups attached to an aromatic ring is 1. The Morgan fingerprint density at radius 2 is 2.21 bits per heavy atom. The number of aromatic nitrogens is 3. The molecule has 0 radical (unpaired) electrons. The molecule has 3 aromatic rings. The van der Waals surface area contributed by atoms with Crippen LogP contribution in [0.15, 0.2) is 41.1 Å². The first-order valence-electron chi connectivity index (χ1n) is 13.7. The summed E-state index contributed by atoms with van der Waals surface area (Å²) in [7, 11) is 2.02. The quantitative estimate of drug-likeness (QED) is 0.0754. The smallest absolute Gasteiger partial charge is 0.276 e. The number of rotatable bonds is 12. The van der Waals surface area contributed by atoms with Gasteiger partial charge >= 0.3 is 0 Å². The van der Waals surface area contributed by atoms with Crippen molar-refractivity contribution in [3.63, 3.8) is 0 Å². The Hall–Kier alpha value is -3.70. The maximum atomic E-state index is 13.2. The molecule has 6 N–H and O–H groups in total. The Morgan fingerprint density at radius 3 is 2.91 bits per heavy atom. The molecule has 2 unspecified atom stereocenters. The maximum Gasteiger partial charge on any atom is 0.276 e. The van der Waals surface area contributed by atoms with Crippen molar-refractivity contribution in [3.8, 4) is 16.9 Å². The average Bonchev–Trinajstić information content (AvgIpc) is 3.59. The van der Waals surface area contributed by atoms with E-state index in [2.05, 4.69) is 43.3 Å². The number of nitrogens with one attached hydrogen (secondary N) is 1. The molecule has 2 aliphatic rings. The van der Waals surface area contributed by atoms with Crippen molar-refractivity contribution in [2.75, 3.05) is 18.9 Å². The summed E-state index contributed by atoms with van der Waals surface area (Å²) in [6.45, 7) is 4.97. The van der Waals surface area contributed by atoms with Crippen molar-refractivity contribution in [1.29, 1.82) is 0 Å². The van der Waals surface area contributed by atoms with Crippen molar-refractivity contribution < 1.29 is 32.7 Å². The predicted octanol–water partition coefficient (Wildman–Crippen LogP) is 1.64. The van der Waals surface area contributed by atoms with E-state index in [4.69, 9.17) is 29.9 Å². The summed E-state index contributed by atoms with van der Waals surface area (Å²) < 4.78 is 24.2. The Bertz CT molecular complexity index is 1520. The fourth-order valence-corrected chi connectivity index (χ4v) is 5.95. The van der Waals surface area contributed by atoms with Gasteiger partial charge in [-0.2, -0.15) is 14.0 Å². The molecule has 2 amide bonds. The lowest BCUT2D eigenvalue weighted by Crippen LogP contribution is -2.76. The van der Waals surface area contributed by atoms with Crippen molar-refractivity contribution in [1.82, 2.24) is 20.0 Å². The van der Waals surface area contributed by atoms with Gasteiger partial charge in [-0.05, 0) is 62.9 Å². The Labute approximate surface area is 256 Å². The minimum atomic E-state index is -0.914. The Morgan fingerprint density at radius 1 is 1.40 bits per heavy atom. The molecule has 230 valence electrons. The number of aryl methyl sites for hydroxylation is 3. The zero-order valence-electron chi connectivity index (χ0n) is 24.1. The third-order valence-corrected chi connectivity index (χ3v) is 8.38. The molecular formula is C27H35N8O6S2+. The molecule has 1 fully saturated rings. The number of hydrogen-bond acceptors (Lipinski definition) is 12. The Kier molecular flexibility index (Phi) is 9.22. The fraction of sp³-hybridized carbons (Fsp3) is 0.444. The predicted molar refractivity (Wildman–Crippen MR) is 161 cm³/mol. The molecule has 5 rings (SSSR count). The van der Waals surface area contributed by atoms with E-state index in [9.17, 15) is 9.59 Å². The van der Waals surface area contributed by atoms with Crippen LogP contribution in [0.3, 0.4) is 0 Å². The lowest BCUT2D eigenvalue weighted by atomic mass is 9.84. The van der Waals surface area contributed by atoms with E-state index in [0.717, 1.165) is 58.2 Å². The van der Waals surface area contributed by atoms with Crippen LogP contribution in [0.2, 0.25) is 0 Å². The monoisotopic (exact) mass is 631 g/mol. The summed E-state index contributed by atoms with van der Waals surface area (Å²) in [6, 6.07) is 5.24. The van der Waals surface area contributed by atoms with Gasteiger partial charge in [-0.25, -0.2) is 4.98 Å². The van der Waals surface area contributed by atoms with Gasteiger partial charge in [-0.15, -0.1) is 16.0 Å². The number of carbonyl (C=O) groups is 2. The number of anilines is 1. The largest absolute Gasteiger partial charge is 0.486 e. The second-order valence-corrected chi connectivity index (χ2v) is 12.0. The van der Waals surface area contributed by atoms with Gasteiger partial charge in [0.25, 0.3) is 11.8 Å². The summed E-state index contributed by atoms with van der Waals surface area (Å²) in [5.74, 6) is -0.405. The number of carbonyl (C=O) groups excluding carboxylic acids is 2. The second-order valence-electron chi connectivity index (χ2n) is 10.8. The van der Waals surface area contributed by atoms with Crippen molar-refractivity contribution in [3.05, 3.63) is 47.2 Å². The highest BCUT2D eigenvalue weighted by Gasteiger charge is 2.57. The van der Waals surface area contributed by atoms with E-state index >= 15 is 0 Å². The van der Waals surface area contributed by atoms with Crippen LogP contribution in [0.1, 0.15) is 37.9 Å². The van der Waals surface area contributed by atoms with Crippen LogP contribution in [0, 0.1) is 0 Å². The van der Waals surface area contributed by atoms with Crippen molar-refractivity contribution in [2.24, 2.45) is 17.9 Å². The number of benzene rings is 1. The molecule has 2 atom stereocenters. The minimum absolute atomic E-state index is 0.0510. The summed E-state index contributed by atoms with van der Waals surface area (Å²) in [6.07, 6.45) is 6.34. The van der Waals surface area contributed by atoms with E-state index in [1.165, 1.54) is 0 Å². The van der Waals surface area contributed by atoms with Crippen LogP contribution in [0.4, 0.5) is 5.13 Å². The van der Waals surface area contributed by atoms with Crippen LogP contribution >= 0.6 is 23.7 Å². The first-order chi connectivity index (χ1) is 20.6. The van der Waals surface area contributed by atoms with Gasteiger partial charge in [-0.1, -0.05) is 11.2 Å². The number of oxime groups is 1. The lowest BCUT2D eigenvalue weighted by Gasteiger charge is -2.50. The molecule has 0 bridgehead atoms. The molecule has 2 aliphatic heterocycles. The van der Waals surface area contributed by atoms with Crippen LogP contribution in [0.5, 0.6) is 5.75 Å². The zero-order chi connectivity index (χ0) is 30.7. The molecule has 1 saturated heterocycles. The van der Waals surface area contributed by atoms with E-state index in [0.29, 0.717) is 13.0 Å². The first-order valence-corrected chi connectivity index (χ1v) is 15.3. The molecule has 2 aromatic heterocycles. The second kappa shape index (κ2) is 12.9. The van der Waals surface area contributed by atoms with Gasteiger partial charge in [0.15, 0.2) is 36.8 Å². The SMILES string of the molecule is C[n+]1cc(-c2ccc3c(c2)CCC(CO/N=C(\C(=O)NC2C(=O)N(OSO)C2(C)C)c2csc(N)n2)O3)cn1CCCN. The van der Waals surface area contributed by atoms with Gasteiger partial charge in [0.2, 0.25) is 6.20 Å².